The van der Waals surface area contributed by atoms with Gasteiger partial charge < -0.3 is 10.4 Å². The molecule has 0 saturated heterocycles. The minimum absolute atomic E-state index is 0.0940. The molecule has 0 aliphatic carbocycles. The Kier molecular flexibility index (Phi) is 2.82. The molecule has 1 amide bonds. The number of hydrogen-bond donors (Lipinski definition) is 2. The number of carbonyl (C=O) groups is 1. The Morgan fingerprint density at radius 1 is 1.62 bits per heavy atom. The summed E-state index contributed by atoms with van der Waals surface area (Å²) in [7, 11) is 0. The molecule has 0 spiro atoms. The summed E-state index contributed by atoms with van der Waals surface area (Å²) in [4.78, 5) is 15.7. The van der Waals surface area contributed by atoms with Gasteiger partial charge in [-0.1, -0.05) is 0 Å². The number of nitrogens with zero attached hydrogens (tertiary/aromatic N) is 3. The van der Waals surface area contributed by atoms with Crippen molar-refractivity contribution in [2.45, 2.75) is 13.0 Å². The van der Waals surface area contributed by atoms with Crippen LogP contribution >= 0.6 is 0 Å². The fourth-order valence-corrected chi connectivity index (χ4v) is 1.36. The van der Waals surface area contributed by atoms with E-state index in [0.29, 0.717) is 11.1 Å². The third kappa shape index (κ3) is 1.87. The van der Waals surface area contributed by atoms with Crippen LogP contribution in [0.2, 0.25) is 0 Å². The summed E-state index contributed by atoms with van der Waals surface area (Å²) in [5.74, 6) is -0.260. The molecule has 2 rings (SSSR count). The standard InChI is InChI=1S/C10H12N4O2/c1-7(6-15)13-10(16)8-4-12-14-3-2-11-5-9(8)14/h2-5,7,15H,6H2,1H3,(H,13,16)/t7-/m0/s1. The molecule has 2 aromatic rings. The molecule has 84 valence electrons. The molecule has 2 N–H and O–H groups in total. The second-order valence-corrected chi connectivity index (χ2v) is 3.52. The first-order chi connectivity index (χ1) is 7.72. The Labute approximate surface area is 91.9 Å². The lowest BCUT2D eigenvalue weighted by molar-refractivity contribution is 0.0924. The van der Waals surface area contributed by atoms with Crippen LogP contribution in [-0.2, 0) is 0 Å². The molecule has 0 bridgehead atoms. The van der Waals surface area contributed by atoms with Gasteiger partial charge in [0.05, 0.1) is 30.1 Å². The third-order valence-electron chi connectivity index (χ3n) is 2.22. The van der Waals surface area contributed by atoms with Gasteiger partial charge in [-0.15, -0.1) is 0 Å². The van der Waals surface area contributed by atoms with Gasteiger partial charge in [0.15, 0.2) is 0 Å². The first-order valence-electron chi connectivity index (χ1n) is 4.91. The summed E-state index contributed by atoms with van der Waals surface area (Å²) in [6.07, 6.45) is 6.32. The molecule has 1 atom stereocenters. The van der Waals surface area contributed by atoms with Gasteiger partial charge in [0.25, 0.3) is 5.91 Å². The van der Waals surface area contributed by atoms with E-state index < -0.39 is 0 Å². The Hall–Kier alpha value is -1.95. The molecule has 0 saturated carbocycles. The van der Waals surface area contributed by atoms with Crippen LogP contribution < -0.4 is 5.32 Å². The highest BCUT2D eigenvalue weighted by Gasteiger charge is 2.14. The predicted molar refractivity (Wildman–Crippen MR) is 57.0 cm³/mol. The van der Waals surface area contributed by atoms with E-state index in [1.54, 1.807) is 30.0 Å². The average molecular weight is 220 g/mol. The van der Waals surface area contributed by atoms with E-state index in [0.717, 1.165) is 0 Å². The Balaban J connectivity index is 2.30. The van der Waals surface area contributed by atoms with Crippen LogP contribution in [0.1, 0.15) is 17.3 Å². The zero-order chi connectivity index (χ0) is 11.5. The second-order valence-electron chi connectivity index (χ2n) is 3.52. The van der Waals surface area contributed by atoms with Crippen molar-refractivity contribution in [3.63, 3.8) is 0 Å². The number of nitrogens with one attached hydrogen (secondary N) is 1. The summed E-state index contributed by atoms with van der Waals surface area (Å²) in [5.41, 5.74) is 1.10. The van der Waals surface area contributed by atoms with Gasteiger partial charge in [-0.3, -0.25) is 9.78 Å². The van der Waals surface area contributed by atoms with Crippen molar-refractivity contribution >= 4 is 11.4 Å². The number of aromatic nitrogens is 3. The van der Waals surface area contributed by atoms with E-state index in [2.05, 4.69) is 15.4 Å². The first kappa shape index (κ1) is 10.6. The molecule has 0 aliphatic heterocycles. The van der Waals surface area contributed by atoms with E-state index >= 15 is 0 Å². The van der Waals surface area contributed by atoms with Gasteiger partial charge in [-0.2, -0.15) is 5.10 Å². The second kappa shape index (κ2) is 4.28. The quantitative estimate of drug-likeness (QED) is 0.753. The molecule has 2 aromatic heterocycles. The zero-order valence-electron chi connectivity index (χ0n) is 8.79. The maximum Gasteiger partial charge on any atom is 0.255 e. The number of hydrogen-bond acceptors (Lipinski definition) is 4. The number of aliphatic hydroxyl groups is 1. The summed E-state index contributed by atoms with van der Waals surface area (Å²) in [6, 6.07) is -0.279. The van der Waals surface area contributed by atoms with Crippen molar-refractivity contribution < 1.29 is 9.90 Å². The highest BCUT2D eigenvalue weighted by molar-refractivity contribution is 6.00. The SMILES string of the molecule is C[C@@H](CO)NC(=O)c1cnn2ccncc12. The fourth-order valence-electron chi connectivity index (χ4n) is 1.36. The van der Waals surface area contributed by atoms with Crippen LogP contribution in [0, 0.1) is 0 Å². The first-order valence-corrected chi connectivity index (χ1v) is 4.91. The number of rotatable bonds is 3. The van der Waals surface area contributed by atoms with Gasteiger partial charge >= 0.3 is 0 Å². The van der Waals surface area contributed by atoms with E-state index in [1.807, 2.05) is 0 Å². The van der Waals surface area contributed by atoms with E-state index in [4.69, 9.17) is 5.11 Å². The van der Waals surface area contributed by atoms with Crippen LogP contribution in [0.3, 0.4) is 0 Å². The summed E-state index contributed by atoms with van der Waals surface area (Å²) < 4.78 is 1.57. The molecule has 0 unspecified atom stereocenters. The maximum absolute atomic E-state index is 11.8. The highest BCUT2D eigenvalue weighted by atomic mass is 16.3. The molecule has 16 heavy (non-hydrogen) atoms. The molecule has 0 radical (unpaired) electrons. The van der Waals surface area contributed by atoms with E-state index in [1.165, 1.54) is 6.20 Å². The molecular weight excluding hydrogens is 208 g/mol. The molecule has 0 fully saturated rings. The van der Waals surface area contributed by atoms with Crippen LogP contribution in [-0.4, -0.2) is 38.3 Å². The molecule has 6 nitrogen and oxygen atoms in total. The van der Waals surface area contributed by atoms with Gasteiger partial charge in [0.2, 0.25) is 0 Å². The van der Waals surface area contributed by atoms with Crippen molar-refractivity contribution in [2.75, 3.05) is 6.61 Å². The van der Waals surface area contributed by atoms with Gasteiger partial charge in [0, 0.05) is 18.4 Å². The number of carbonyl (C=O) groups excluding carboxylic acids is 1. The molecule has 6 heteroatoms. The zero-order valence-corrected chi connectivity index (χ0v) is 8.79. The Bertz CT molecular complexity index is 508. The fraction of sp³-hybridized carbons (Fsp3) is 0.300. The molecule has 0 aromatic carbocycles. The maximum atomic E-state index is 11.8. The predicted octanol–water partition coefficient (Wildman–Crippen LogP) is -0.160. The number of aliphatic hydroxyl groups excluding tert-OH is 1. The van der Waals surface area contributed by atoms with E-state index in [-0.39, 0.29) is 18.6 Å². The molecule has 0 aliphatic rings. The smallest absolute Gasteiger partial charge is 0.255 e. The minimum atomic E-state index is -0.279. The van der Waals surface area contributed by atoms with Gasteiger partial charge in [-0.25, -0.2) is 4.52 Å². The third-order valence-corrected chi connectivity index (χ3v) is 2.22. The van der Waals surface area contributed by atoms with Crippen molar-refractivity contribution in [1.82, 2.24) is 19.9 Å². The number of fused-ring (bicyclic) bond motifs is 1. The van der Waals surface area contributed by atoms with Crippen molar-refractivity contribution in [1.29, 1.82) is 0 Å². The van der Waals surface area contributed by atoms with Crippen LogP contribution in [0.4, 0.5) is 0 Å². The monoisotopic (exact) mass is 220 g/mol. The van der Waals surface area contributed by atoms with Crippen molar-refractivity contribution in [3.8, 4) is 0 Å². The summed E-state index contributed by atoms with van der Waals surface area (Å²) in [6.45, 7) is 1.63. The van der Waals surface area contributed by atoms with Crippen molar-refractivity contribution in [3.05, 3.63) is 30.4 Å². The van der Waals surface area contributed by atoms with Crippen LogP contribution in [0.15, 0.2) is 24.8 Å². The van der Waals surface area contributed by atoms with E-state index in [9.17, 15) is 4.79 Å². The Morgan fingerprint density at radius 2 is 2.44 bits per heavy atom. The largest absolute Gasteiger partial charge is 0.394 e. The lowest BCUT2D eigenvalue weighted by Crippen LogP contribution is -2.34. The molecular formula is C10H12N4O2. The Morgan fingerprint density at radius 3 is 3.19 bits per heavy atom. The lowest BCUT2D eigenvalue weighted by Gasteiger charge is -2.09. The van der Waals surface area contributed by atoms with Gasteiger partial charge in [0.1, 0.15) is 0 Å². The number of amides is 1. The van der Waals surface area contributed by atoms with Crippen molar-refractivity contribution in [2.24, 2.45) is 0 Å². The van der Waals surface area contributed by atoms with Gasteiger partial charge in [-0.05, 0) is 6.92 Å². The molecule has 2 heterocycles. The lowest BCUT2D eigenvalue weighted by atomic mass is 10.2. The summed E-state index contributed by atoms with van der Waals surface area (Å²) in [5, 5.41) is 15.5. The normalized spacial score (nSPS) is 12.6. The summed E-state index contributed by atoms with van der Waals surface area (Å²) >= 11 is 0. The minimum Gasteiger partial charge on any atom is -0.394 e. The van der Waals surface area contributed by atoms with Crippen LogP contribution in [0.25, 0.3) is 5.52 Å². The average Bonchev–Trinajstić information content (AvgIpc) is 2.72. The highest BCUT2D eigenvalue weighted by Crippen LogP contribution is 2.08. The van der Waals surface area contributed by atoms with Crippen LogP contribution in [0.5, 0.6) is 0 Å². The topological polar surface area (TPSA) is 79.5 Å².